The van der Waals surface area contributed by atoms with Crippen LogP contribution in [0.3, 0.4) is 0 Å². The average molecular weight is 296 g/mol. The number of aromatic nitrogens is 1. The molecule has 1 aromatic rings. The van der Waals surface area contributed by atoms with Crippen LogP contribution in [0.1, 0.15) is 41.2 Å². The Morgan fingerprint density at radius 1 is 1.35 bits per heavy atom. The minimum absolute atomic E-state index is 0.148. The largest absolute Gasteiger partial charge is 0.356 e. The van der Waals surface area contributed by atoms with Gasteiger partial charge in [-0.25, -0.2) is 4.98 Å². The molecule has 0 radical (unpaired) electrons. The molecule has 1 heterocycles. The molecule has 0 aromatic carbocycles. The van der Waals surface area contributed by atoms with E-state index in [4.69, 9.17) is 5.73 Å². The summed E-state index contributed by atoms with van der Waals surface area (Å²) in [7, 11) is 0. The number of hydrogen-bond donors (Lipinski definition) is 3. The Balaban J connectivity index is 1.58. The number of amides is 2. The van der Waals surface area contributed by atoms with Crippen molar-refractivity contribution in [1.29, 1.82) is 0 Å². The highest BCUT2D eigenvalue weighted by Crippen LogP contribution is 2.25. The van der Waals surface area contributed by atoms with E-state index in [0.29, 0.717) is 25.3 Å². The molecule has 0 aliphatic heterocycles. The van der Waals surface area contributed by atoms with Crippen molar-refractivity contribution in [2.75, 3.05) is 13.1 Å². The lowest BCUT2D eigenvalue weighted by Crippen LogP contribution is -2.36. The molecule has 1 aliphatic carbocycles. The summed E-state index contributed by atoms with van der Waals surface area (Å²) in [6, 6.07) is 0. The zero-order chi connectivity index (χ0) is 14.4. The van der Waals surface area contributed by atoms with Crippen LogP contribution in [0.5, 0.6) is 0 Å². The second-order valence-corrected chi connectivity index (χ2v) is 5.80. The van der Waals surface area contributed by atoms with Crippen LogP contribution in [0.4, 0.5) is 0 Å². The van der Waals surface area contributed by atoms with Crippen molar-refractivity contribution in [2.24, 2.45) is 11.7 Å². The van der Waals surface area contributed by atoms with Gasteiger partial charge in [0, 0.05) is 30.9 Å². The number of carbonyl (C=O) groups is 2. The second kappa shape index (κ2) is 7.35. The highest BCUT2D eigenvalue weighted by atomic mass is 32.1. The van der Waals surface area contributed by atoms with Crippen molar-refractivity contribution in [3.8, 4) is 0 Å². The van der Waals surface area contributed by atoms with Gasteiger partial charge in [-0.3, -0.25) is 9.59 Å². The number of thiazole rings is 1. The van der Waals surface area contributed by atoms with Crippen molar-refractivity contribution in [3.05, 3.63) is 16.1 Å². The molecule has 4 N–H and O–H groups in total. The van der Waals surface area contributed by atoms with E-state index in [9.17, 15) is 9.59 Å². The molecular weight excluding hydrogens is 276 g/mol. The van der Waals surface area contributed by atoms with Gasteiger partial charge in [0.1, 0.15) is 10.7 Å². The molecule has 2 amide bonds. The molecule has 1 saturated carbocycles. The van der Waals surface area contributed by atoms with Crippen molar-refractivity contribution in [3.63, 3.8) is 0 Å². The van der Waals surface area contributed by atoms with E-state index in [1.165, 1.54) is 11.3 Å². The van der Waals surface area contributed by atoms with Crippen LogP contribution in [-0.2, 0) is 11.3 Å². The monoisotopic (exact) mass is 296 g/mol. The van der Waals surface area contributed by atoms with Gasteiger partial charge in [0.05, 0.1) is 0 Å². The third-order valence-corrected chi connectivity index (χ3v) is 4.24. The lowest BCUT2D eigenvalue weighted by atomic mass is 9.85. The van der Waals surface area contributed by atoms with Crippen molar-refractivity contribution in [2.45, 2.75) is 32.2 Å². The van der Waals surface area contributed by atoms with Gasteiger partial charge < -0.3 is 16.4 Å². The van der Waals surface area contributed by atoms with Gasteiger partial charge in [0.15, 0.2) is 0 Å². The molecule has 1 aliphatic rings. The smallest absolute Gasteiger partial charge is 0.270 e. The molecule has 2 rings (SSSR count). The molecule has 1 aromatic heterocycles. The number of nitrogens with one attached hydrogen (secondary N) is 2. The van der Waals surface area contributed by atoms with Gasteiger partial charge in [0.25, 0.3) is 5.91 Å². The van der Waals surface area contributed by atoms with Gasteiger partial charge in [0.2, 0.25) is 5.91 Å². The SMILES string of the molecule is NCc1nc(C(=O)NCCCNC(=O)C2CCC2)cs1. The van der Waals surface area contributed by atoms with E-state index in [2.05, 4.69) is 15.6 Å². The Kier molecular flexibility index (Phi) is 5.49. The molecule has 0 spiro atoms. The fourth-order valence-electron chi connectivity index (χ4n) is 1.92. The van der Waals surface area contributed by atoms with Crippen LogP contribution in [-0.4, -0.2) is 29.9 Å². The van der Waals surface area contributed by atoms with Crippen molar-refractivity contribution in [1.82, 2.24) is 15.6 Å². The summed E-state index contributed by atoms with van der Waals surface area (Å²) < 4.78 is 0. The minimum atomic E-state index is -0.189. The summed E-state index contributed by atoms with van der Waals surface area (Å²) in [5, 5.41) is 8.13. The van der Waals surface area contributed by atoms with E-state index < -0.39 is 0 Å². The number of rotatable bonds is 7. The Bertz CT molecular complexity index is 471. The summed E-state index contributed by atoms with van der Waals surface area (Å²) >= 11 is 1.38. The first kappa shape index (κ1) is 14.9. The zero-order valence-electron chi connectivity index (χ0n) is 11.4. The van der Waals surface area contributed by atoms with Gasteiger partial charge in [-0.05, 0) is 19.3 Å². The van der Waals surface area contributed by atoms with Gasteiger partial charge in [-0.15, -0.1) is 11.3 Å². The molecular formula is C13H20N4O2S. The van der Waals surface area contributed by atoms with Crippen LogP contribution in [0.25, 0.3) is 0 Å². The van der Waals surface area contributed by atoms with Crippen LogP contribution in [0.2, 0.25) is 0 Å². The normalized spacial score (nSPS) is 14.7. The lowest BCUT2D eigenvalue weighted by Gasteiger charge is -2.23. The Hall–Kier alpha value is -1.47. The molecule has 20 heavy (non-hydrogen) atoms. The molecule has 1 fully saturated rings. The van der Waals surface area contributed by atoms with E-state index in [1.54, 1.807) is 5.38 Å². The van der Waals surface area contributed by atoms with E-state index in [-0.39, 0.29) is 17.7 Å². The third kappa shape index (κ3) is 4.01. The van der Waals surface area contributed by atoms with E-state index in [0.717, 1.165) is 30.7 Å². The van der Waals surface area contributed by atoms with Crippen molar-refractivity contribution < 1.29 is 9.59 Å². The fourth-order valence-corrected chi connectivity index (χ4v) is 2.57. The maximum Gasteiger partial charge on any atom is 0.270 e. The highest BCUT2D eigenvalue weighted by Gasteiger charge is 2.24. The first-order valence-corrected chi connectivity index (χ1v) is 7.79. The zero-order valence-corrected chi connectivity index (χ0v) is 12.2. The number of nitrogens with zero attached hydrogens (tertiary/aromatic N) is 1. The quantitative estimate of drug-likeness (QED) is 0.643. The molecule has 0 atom stereocenters. The maximum absolute atomic E-state index is 11.7. The van der Waals surface area contributed by atoms with Gasteiger partial charge in [-0.1, -0.05) is 6.42 Å². The summed E-state index contributed by atoms with van der Waals surface area (Å²) in [6.07, 6.45) is 3.90. The first-order valence-electron chi connectivity index (χ1n) is 6.91. The van der Waals surface area contributed by atoms with Crippen LogP contribution in [0.15, 0.2) is 5.38 Å². The van der Waals surface area contributed by atoms with Crippen LogP contribution in [0, 0.1) is 5.92 Å². The fraction of sp³-hybridized carbons (Fsp3) is 0.615. The number of carbonyl (C=O) groups excluding carboxylic acids is 2. The standard InChI is InChI=1S/C13H20N4O2S/c14-7-11-17-10(8-20-11)13(19)16-6-2-5-15-12(18)9-3-1-4-9/h8-9H,1-7,14H2,(H,15,18)(H,16,19). The van der Waals surface area contributed by atoms with Gasteiger partial charge >= 0.3 is 0 Å². The summed E-state index contributed by atoms with van der Waals surface area (Å²) in [5.41, 5.74) is 5.86. The highest BCUT2D eigenvalue weighted by molar-refractivity contribution is 7.09. The van der Waals surface area contributed by atoms with Gasteiger partial charge in [-0.2, -0.15) is 0 Å². The maximum atomic E-state index is 11.7. The Morgan fingerprint density at radius 3 is 2.70 bits per heavy atom. The van der Waals surface area contributed by atoms with Crippen LogP contribution >= 0.6 is 11.3 Å². The summed E-state index contributed by atoms with van der Waals surface area (Å²) in [5.74, 6) is 0.176. The van der Waals surface area contributed by atoms with Crippen LogP contribution < -0.4 is 16.4 Å². The molecule has 6 nitrogen and oxygen atoms in total. The Morgan fingerprint density at radius 2 is 2.10 bits per heavy atom. The summed E-state index contributed by atoms with van der Waals surface area (Å²) in [6.45, 7) is 1.48. The first-order chi connectivity index (χ1) is 9.70. The topological polar surface area (TPSA) is 97.1 Å². The molecule has 110 valence electrons. The van der Waals surface area contributed by atoms with E-state index in [1.807, 2.05) is 0 Å². The summed E-state index contributed by atoms with van der Waals surface area (Å²) in [4.78, 5) is 27.4. The lowest BCUT2D eigenvalue weighted by molar-refractivity contribution is -0.127. The van der Waals surface area contributed by atoms with Crippen molar-refractivity contribution >= 4 is 23.2 Å². The molecule has 0 bridgehead atoms. The third-order valence-electron chi connectivity index (χ3n) is 3.37. The number of hydrogen-bond acceptors (Lipinski definition) is 5. The molecule has 0 saturated heterocycles. The minimum Gasteiger partial charge on any atom is -0.356 e. The predicted octanol–water partition coefficient (Wildman–Crippen LogP) is 0.638. The molecule has 7 heteroatoms. The average Bonchev–Trinajstić information content (AvgIpc) is 2.84. The second-order valence-electron chi connectivity index (χ2n) is 4.86. The Labute approximate surface area is 122 Å². The molecule has 0 unspecified atom stereocenters. The predicted molar refractivity (Wildman–Crippen MR) is 77.3 cm³/mol. The number of nitrogens with two attached hydrogens (primary N) is 1. The van der Waals surface area contributed by atoms with E-state index >= 15 is 0 Å².